The van der Waals surface area contributed by atoms with Gasteiger partial charge in [-0.05, 0) is 47.5 Å². The highest BCUT2D eigenvalue weighted by atomic mass is 79.9. The van der Waals surface area contributed by atoms with Crippen molar-refractivity contribution in [2.24, 2.45) is 0 Å². The topological polar surface area (TPSA) is 12.0 Å². The van der Waals surface area contributed by atoms with E-state index in [0.717, 1.165) is 4.47 Å². The Morgan fingerprint density at radius 2 is 2.24 bits per heavy atom. The minimum Gasteiger partial charge on any atom is -0.306 e. The average Bonchev–Trinajstić information content (AvgIpc) is 2.83. The van der Waals surface area contributed by atoms with Gasteiger partial charge in [0.2, 0.25) is 0 Å². The van der Waals surface area contributed by atoms with Crippen molar-refractivity contribution in [3.63, 3.8) is 0 Å². The molecule has 0 saturated carbocycles. The van der Waals surface area contributed by atoms with E-state index < -0.39 is 0 Å². The first kappa shape index (κ1) is 12.7. The molecule has 2 rings (SSSR count). The van der Waals surface area contributed by atoms with E-state index in [1.165, 1.54) is 11.6 Å². The summed E-state index contributed by atoms with van der Waals surface area (Å²) < 4.78 is 14.4. The van der Waals surface area contributed by atoms with E-state index in [2.05, 4.69) is 39.6 Å². The summed E-state index contributed by atoms with van der Waals surface area (Å²) in [7, 11) is 0. The average molecular weight is 314 g/mol. The lowest BCUT2D eigenvalue weighted by Gasteiger charge is -2.13. The molecule has 0 fully saturated rings. The van der Waals surface area contributed by atoms with Gasteiger partial charge in [-0.2, -0.15) is 11.3 Å². The largest absolute Gasteiger partial charge is 0.306 e. The van der Waals surface area contributed by atoms with Gasteiger partial charge in [-0.15, -0.1) is 0 Å². The fourth-order valence-corrected chi connectivity index (χ4v) is 2.74. The summed E-state index contributed by atoms with van der Waals surface area (Å²) >= 11 is 5.02. The fourth-order valence-electron chi connectivity index (χ4n) is 1.58. The summed E-state index contributed by atoms with van der Waals surface area (Å²) in [6.45, 7) is 2.61. The Labute approximate surface area is 113 Å². The van der Waals surface area contributed by atoms with Gasteiger partial charge < -0.3 is 5.32 Å². The number of rotatable bonds is 4. The molecule has 17 heavy (non-hydrogen) atoms. The zero-order valence-corrected chi connectivity index (χ0v) is 11.8. The van der Waals surface area contributed by atoms with Gasteiger partial charge in [0.1, 0.15) is 5.82 Å². The Bertz CT molecular complexity index is 484. The molecule has 1 unspecified atom stereocenters. The molecule has 4 heteroatoms. The van der Waals surface area contributed by atoms with Gasteiger partial charge in [-0.1, -0.05) is 15.9 Å². The van der Waals surface area contributed by atoms with Crippen LogP contribution in [0.5, 0.6) is 0 Å². The summed E-state index contributed by atoms with van der Waals surface area (Å²) in [5.41, 5.74) is 1.92. The second-order valence-corrected chi connectivity index (χ2v) is 5.59. The Hall–Kier alpha value is -0.710. The van der Waals surface area contributed by atoms with Gasteiger partial charge in [0.05, 0.1) is 0 Å². The maximum Gasteiger partial charge on any atom is 0.127 e. The minimum absolute atomic E-state index is 0.168. The molecule has 0 aliphatic rings. The van der Waals surface area contributed by atoms with Crippen LogP contribution in [0.4, 0.5) is 4.39 Å². The first-order chi connectivity index (χ1) is 8.16. The molecular formula is C13H13BrFNS. The smallest absolute Gasteiger partial charge is 0.127 e. The van der Waals surface area contributed by atoms with Crippen LogP contribution in [0, 0.1) is 5.82 Å². The molecule has 0 amide bonds. The van der Waals surface area contributed by atoms with Gasteiger partial charge in [-0.25, -0.2) is 4.39 Å². The van der Waals surface area contributed by atoms with Crippen LogP contribution in [0.15, 0.2) is 39.5 Å². The van der Waals surface area contributed by atoms with E-state index in [0.29, 0.717) is 12.1 Å². The summed E-state index contributed by atoms with van der Waals surface area (Å²) in [4.78, 5) is 0. The summed E-state index contributed by atoms with van der Waals surface area (Å²) in [5.74, 6) is -0.168. The maximum atomic E-state index is 13.5. The minimum atomic E-state index is -0.168. The van der Waals surface area contributed by atoms with Crippen LogP contribution in [0.25, 0.3) is 0 Å². The van der Waals surface area contributed by atoms with Crippen LogP contribution in [-0.4, -0.2) is 0 Å². The van der Waals surface area contributed by atoms with Gasteiger partial charge in [0.15, 0.2) is 0 Å². The van der Waals surface area contributed by atoms with Crippen LogP contribution >= 0.6 is 27.3 Å². The molecule has 1 atom stereocenters. The van der Waals surface area contributed by atoms with Crippen LogP contribution in [0.3, 0.4) is 0 Å². The summed E-state index contributed by atoms with van der Waals surface area (Å²) in [5, 5.41) is 7.47. The molecular weight excluding hydrogens is 301 g/mol. The van der Waals surface area contributed by atoms with Crippen molar-refractivity contribution < 1.29 is 4.39 Å². The Kier molecular flexibility index (Phi) is 4.31. The van der Waals surface area contributed by atoms with Gasteiger partial charge in [0.25, 0.3) is 0 Å². The predicted octanol–water partition coefficient (Wildman–Crippen LogP) is 4.50. The lowest BCUT2D eigenvalue weighted by molar-refractivity contribution is 0.545. The fraction of sp³-hybridized carbons (Fsp3) is 0.231. The van der Waals surface area contributed by atoms with E-state index in [9.17, 15) is 4.39 Å². The van der Waals surface area contributed by atoms with E-state index >= 15 is 0 Å². The lowest BCUT2D eigenvalue weighted by atomic mass is 10.1. The molecule has 0 aliphatic heterocycles. The van der Waals surface area contributed by atoms with Gasteiger partial charge in [0, 0.05) is 22.6 Å². The summed E-state index contributed by atoms with van der Waals surface area (Å²) in [6, 6.07) is 7.32. The van der Waals surface area contributed by atoms with Crippen LogP contribution < -0.4 is 5.32 Å². The molecule has 1 N–H and O–H groups in total. The quantitative estimate of drug-likeness (QED) is 0.876. The third kappa shape index (κ3) is 3.37. The van der Waals surface area contributed by atoms with Gasteiger partial charge in [-0.3, -0.25) is 0 Å². The Morgan fingerprint density at radius 3 is 2.94 bits per heavy atom. The van der Waals surface area contributed by atoms with Crippen molar-refractivity contribution in [1.82, 2.24) is 5.32 Å². The van der Waals surface area contributed by atoms with Crippen molar-refractivity contribution in [3.8, 4) is 0 Å². The monoisotopic (exact) mass is 313 g/mol. The molecule has 2 aromatic rings. The molecule has 0 bridgehead atoms. The predicted molar refractivity (Wildman–Crippen MR) is 73.7 cm³/mol. The zero-order chi connectivity index (χ0) is 12.3. The first-order valence-corrected chi connectivity index (χ1v) is 7.10. The van der Waals surface area contributed by atoms with E-state index in [4.69, 9.17) is 0 Å². The van der Waals surface area contributed by atoms with E-state index in [1.807, 2.05) is 11.4 Å². The second-order valence-electron chi connectivity index (χ2n) is 3.90. The number of hydrogen-bond donors (Lipinski definition) is 1. The van der Waals surface area contributed by atoms with Crippen molar-refractivity contribution in [2.75, 3.05) is 0 Å². The highest BCUT2D eigenvalue weighted by Crippen LogP contribution is 2.18. The normalized spacial score (nSPS) is 12.6. The molecule has 0 spiro atoms. The SMILES string of the molecule is CC(NCc1cc(Br)ccc1F)c1ccsc1. The van der Waals surface area contributed by atoms with Crippen molar-refractivity contribution in [2.45, 2.75) is 19.5 Å². The van der Waals surface area contributed by atoms with E-state index in [1.54, 1.807) is 17.4 Å². The number of thiophene rings is 1. The highest BCUT2D eigenvalue weighted by molar-refractivity contribution is 9.10. The standard InChI is InChI=1S/C13H13BrFNS/c1-9(10-4-5-17-8-10)16-7-11-6-12(14)2-3-13(11)15/h2-6,8-9,16H,7H2,1H3. The Morgan fingerprint density at radius 1 is 1.41 bits per heavy atom. The number of halogens is 2. The molecule has 0 aliphatic carbocycles. The molecule has 1 aromatic carbocycles. The summed E-state index contributed by atoms with van der Waals surface area (Å²) in [6.07, 6.45) is 0. The molecule has 0 saturated heterocycles. The highest BCUT2D eigenvalue weighted by Gasteiger charge is 2.07. The molecule has 0 radical (unpaired) electrons. The number of benzene rings is 1. The maximum absolute atomic E-state index is 13.5. The number of hydrogen-bond acceptors (Lipinski definition) is 2. The van der Waals surface area contributed by atoms with Crippen LogP contribution in [0.2, 0.25) is 0 Å². The third-order valence-electron chi connectivity index (χ3n) is 2.65. The second kappa shape index (κ2) is 5.76. The van der Waals surface area contributed by atoms with Crippen molar-refractivity contribution in [3.05, 3.63) is 56.4 Å². The van der Waals surface area contributed by atoms with Crippen LogP contribution in [-0.2, 0) is 6.54 Å². The lowest BCUT2D eigenvalue weighted by Crippen LogP contribution is -2.18. The molecule has 1 nitrogen and oxygen atoms in total. The zero-order valence-electron chi connectivity index (χ0n) is 9.41. The molecule has 1 aromatic heterocycles. The van der Waals surface area contributed by atoms with Crippen LogP contribution in [0.1, 0.15) is 24.1 Å². The van der Waals surface area contributed by atoms with Crippen molar-refractivity contribution >= 4 is 27.3 Å². The third-order valence-corrected chi connectivity index (χ3v) is 3.84. The molecule has 90 valence electrons. The van der Waals surface area contributed by atoms with Gasteiger partial charge >= 0.3 is 0 Å². The Balaban J connectivity index is 2.00. The number of nitrogens with one attached hydrogen (secondary N) is 1. The van der Waals surface area contributed by atoms with Crippen molar-refractivity contribution in [1.29, 1.82) is 0 Å². The van der Waals surface area contributed by atoms with E-state index in [-0.39, 0.29) is 11.9 Å². The molecule has 1 heterocycles. The first-order valence-electron chi connectivity index (χ1n) is 5.36.